The molecule has 0 unspecified atom stereocenters. The van der Waals surface area contributed by atoms with E-state index in [9.17, 15) is 9.59 Å². The average Bonchev–Trinajstić information content (AvgIpc) is 2.64. The first-order valence-electron chi connectivity index (χ1n) is 9.24. The molecule has 3 saturated carbocycles. The van der Waals surface area contributed by atoms with Gasteiger partial charge in [0.25, 0.3) is 5.91 Å². The Labute approximate surface area is 178 Å². The van der Waals surface area contributed by atoms with Crippen molar-refractivity contribution >= 4 is 40.9 Å². The van der Waals surface area contributed by atoms with Crippen LogP contribution in [0.3, 0.4) is 0 Å². The molecule has 2 bridgehead atoms. The number of amides is 2. The van der Waals surface area contributed by atoms with Gasteiger partial charge in [0, 0.05) is 26.7 Å². The molecular weight excluding hydrogens is 415 g/mol. The first-order valence-corrected chi connectivity index (χ1v) is 10.00. The maximum absolute atomic E-state index is 12.1. The quantitative estimate of drug-likeness (QED) is 0.664. The highest BCUT2D eigenvalue weighted by atomic mass is 35.5. The molecule has 2 amide bonds. The van der Waals surface area contributed by atoms with E-state index in [1.807, 2.05) is 0 Å². The van der Waals surface area contributed by atoms with Crippen molar-refractivity contribution < 1.29 is 19.1 Å². The zero-order valence-corrected chi connectivity index (χ0v) is 17.1. The molecule has 29 heavy (non-hydrogen) atoms. The van der Waals surface area contributed by atoms with E-state index in [1.54, 1.807) is 48.5 Å². The maximum atomic E-state index is 12.1. The summed E-state index contributed by atoms with van der Waals surface area (Å²) < 4.78 is 10.8. The second kappa shape index (κ2) is 7.76. The Balaban J connectivity index is 1.15. The number of carbonyl (C=O) groups is 2. The van der Waals surface area contributed by atoms with Crippen molar-refractivity contribution in [1.82, 2.24) is 5.32 Å². The van der Waals surface area contributed by atoms with E-state index < -0.39 is 6.09 Å². The van der Waals surface area contributed by atoms with Gasteiger partial charge < -0.3 is 14.8 Å². The second-order valence-electron chi connectivity index (χ2n) is 7.81. The average molecular weight is 435 g/mol. The number of anilines is 1. The Morgan fingerprint density at radius 2 is 1.52 bits per heavy atom. The van der Waals surface area contributed by atoms with E-state index in [-0.39, 0.29) is 23.5 Å². The van der Waals surface area contributed by atoms with Gasteiger partial charge in [-0.05, 0) is 67.8 Å². The Morgan fingerprint density at radius 3 is 2.14 bits per heavy atom. The van der Waals surface area contributed by atoms with Crippen molar-refractivity contribution in [3.05, 3.63) is 58.6 Å². The molecule has 5 rings (SSSR count). The Bertz CT molecular complexity index is 896. The summed E-state index contributed by atoms with van der Waals surface area (Å²) in [5.41, 5.74) is 0.416. The molecule has 2 aromatic rings. The fourth-order valence-corrected chi connectivity index (χ4v) is 4.45. The molecule has 0 radical (unpaired) electrons. The van der Waals surface area contributed by atoms with Gasteiger partial charge in [-0.2, -0.15) is 0 Å². The van der Waals surface area contributed by atoms with E-state index in [0.29, 0.717) is 28.1 Å². The molecule has 0 aliphatic heterocycles. The summed E-state index contributed by atoms with van der Waals surface area (Å²) in [5.74, 6) is 0.438. The van der Waals surface area contributed by atoms with Crippen LogP contribution < -0.4 is 15.4 Å². The summed E-state index contributed by atoms with van der Waals surface area (Å²) in [6.45, 7) is 0.293. The summed E-state index contributed by atoms with van der Waals surface area (Å²) in [7, 11) is 0. The highest BCUT2D eigenvalue weighted by Gasteiger charge is 2.68. The van der Waals surface area contributed by atoms with Gasteiger partial charge in [0.15, 0.2) is 6.61 Å². The summed E-state index contributed by atoms with van der Waals surface area (Å²) in [5, 5.41) is 6.93. The summed E-state index contributed by atoms with van der Waals surface area (Å²) in [6, 6.07) is 13.7. The van der Waals surface area contributed by atoms with Gasteiger partial charge in [-0.25, -0.2) is 4.79 Å². The third kappa shape index (κ3) is 4.60. The van der Waals surface area contributed by atoms with Crippen molar-refractivity contribution in [3.63, 3.8) is 0 Å². The van der Waals surface area contributed by atoms with E-state index >= 15 is 0 Å². The molecule has 0 aromatic heterocycles. The standard InChI is InChI=1S/C21H20Cl2N2O4/c22-14-1-5-16(6-2-14)24-19(27)29-13-20-10-21(11-20,12-20)25-18(26)9-28-17-7-3-15(23)4-8-17/h1-8H,9-13H2,(H,24,27)(H,25,26). The van der Waals surface area contributed by atoms with Crippen LogP contribution in [0.15, 0.2) is 48.5 Å². The molecule has 3 aliphatic carbocycles. The smallest absolute Gasteiger partial charge is 0.411 e. The number of nitrogens with one attached hydrogen (secondary N) is 2. The van der Waals surface area contributed by atoms with Crippen molar-refractivity contribution in [2.24, 2.45) is 5.41 Å². The number of benzene rings is 2. The van der Waals surface area contributed by atoms with Crippen LogP contribution in [0.4, 0.5) is 10.5 Å². The lowest BCUT2D eigenvalue weighted by atomic mass is 9.39. The third-order valence-corrected chi connectivity index (χ3v) is 5.83. The highest BCUT2D eigenvalue weighted by Crippen LogP contribution is 2.67. The lowest BCUT2D eigenvalue weighted by molar-refractivity contribution is -0.183. The fourth-order valence-electron chi connectivity index (χ4n) is 4.20. The maximum Gasteiger partial charge on any atom is 0.411 e. The number of carbonyl (C=O) groups excluding carboxylic acids is 2. The SMILES string of the molecule is O=C(COc1ccc(Cl)cc1)NC12CC(COC(=O)Nc3ccc(Cl)cc3)(C1)C2. The van der Waals surface area contributed by atoms with Crippen LogP contribution in [0.2, 0.25) is 10.0 Å². The lowest BCUT2D eigenvalue weighted by Crippen LogP contribution is -2.76. The first kappa shape index (κ1) is 19.9. The van der Waals surface area contributed by atoms with Crippen LogP contribution in [0.25, 0.3) is 0 Å². The summed E-state index contributed by atoms with van der Waals surface area (Å²) in [4.78, 5) is 24.1. The minimum Gasteiger partial charge on any atom is -0.484 e. The minimum absolute atomic E-state index is 0.0261. The van der Waals surface area contributed by atoms with Crippen LogP contribution in [-0.4, -0.2) is 30.8 Å². The normalized spacial score (nSPS) is 23.9. The van der Waals surface area contributed by atoms with Gasteiger partial charge in [-0.15, -0.1) is 0 Å². The number of hydrogen-bond acceptors (Lipinski definition) is 4. The van der Waals surface area contributed by atoms with Gasteiger partial charge in [0.1, 0.15) is 5.75 Å². The van der Waals surface area contributed by atoms with E-state index in [4.69, 9.17) is 32.7 Å². The van der Waals surface area contributed by atoms with Crippen LogP contribution in [0, 0.1) is 5.41 Å². The van der Waals surface area contributed by atoms with Gasteiger partial charge in [0.05, 0.1) is 6.61 Å². The molecule has 3 fully saturated rings. The van der Waals surface area contributed by atoms with Gasteiger partial charge >= 0.3 is 6.09 Å². The monoisotopic (exact) mass is 434 g/mol. The van der Waals surface area contributed by atoms with Crippen LogP contribution in [0.5, 0.6) is 5.75 Å². The van der Waals surface area contributed by atoms with Crippen molar-refractivity contribution in [3.8, 4) is 5.75 Å². The molecular formula is C21H20Cl2N2O4. The molecule has 0 heterocycles. The van der Waals surface area contributed by atoms with Crippen molar-refractivity contribution in [1.29, 1.82) is 0 Å². The topological polar surface area (TPSA) is 76.7 Å². The Hall–Kier alpha value is -2.44. The van der Waals surface area contributed by atoms with Crippen molar-refractivity contribution in [2.45, 2.75) is 24.8 Å². The molecule has 152 valence electrons. The third-order valence-electron chi connectivity index (χ3n) is 5.33. The number of hydrogen-bond donors (Lipinski definition) is 2. The number of ether oxygens (including phenoxy) is 2. The zero-order chi connectivity index (χ0) is 20.5. The van der Waals surface area contributed by atoms with Gasteiger partial charge in [0.2, 0.25) is 0 Å². The van der Waals surface area contributed by atoms with E-state index in [2.05, 4.69) is 10.6 Å². The molecule has 2 N–H and O–H groups in total. The Morgan fingerprint density at radius 1 is 0.931 bits per heavy atom. The number of halogens is 2. The number of rotatable bonds is 7. The van der Waals surface area contributed by atoms with Crippen LogP contribution >= 0.6 is 23.2 Å². The fraction of sp³-hybridized carbons (Fsp3) is 0.333. The predicted molar refractivity (Wildman–Crippen MR) is 111 cm³/mol. The largest absolute Gasteiger partial charge is 0.484 e. The molecule has 0 spiro atoms. The lowest BCUT2D eigenvalue weighted by Gasteiger charge is -2.70. The van der Waals surface area contributed by atoms with E-state index in [1.165, 1.54) is 0 Å². The van der Waals surface area contributed by atoms with E-state index in [0.717, 1.165) is 19.3 Å². The highest BCUT2D eigenvalue weighted by molar-refractivity contribution is 6.30. The van der Waals surface area contributed by atoms with Gasteiger partial charge in [-0.1, -0.05) is 23.2 Å². The molecule has 3 aliphatic rings. The molecule has 0 atom stereocenters. The summed E-state index contributed by atoms with van der Waals surface area (Å²) in [6.07, 6.45) is 1.93. The summed E-state index contributed by atoms with van der Waals surface area (Å²) >= 11 is 11.6. The zero-order valence-electron chi connectivity index (χ0n) is 15.5. The second-order valence-corrected chi connectivity index (χ2v) is 8.68. The molecule has 8 heteroatoms. The minimum atomic E-state index is -0.494. The Kier molecular flexibility index (Phi) is 5.32. The predicted octanol–water partition coefficient (Wildman–Crippen LogP) is 4.66. The van der Waals surface area contributed by atoms with Crippen LogP contribution in [-0.2, 0) is 9.53 Å². The first-order chi connectivity index (χ1) is 13.9. The molecule has 2 aromatic carbocycles. The molecule has 0 saturated heterocycles. The van der Waals surface area contributed by atoms with Gasteiger partial charge in [-0.3, -0.25) is 10.1 Å². The van der Waals surface area contributed by atoms with Crippen LogP contribution in [0.1, 0.15) is 19.3 Å². The molecule has 6 nitrogen and oxygen atoms in total. The van der Waals surface area contributed by atoms with Crippen molar-refractivity contribution in [2.75, 3.05) is 18.5 Å².